The number of hydrogen-bond acceptors (Lipinski definition) is 6. The molecule has 1 atom stereocenters. The molecule has 138 valence electrons. The molecule has 1 N–H and O–H groups in total. The van der Waals surface area contributed by atoms with E-state index in [9.17, 15) is 0 Å². The van der Waals surface area contributed by atoms with Gasteiger partial charge in [-0.15, -0.1) is 11.3 Å². The Morgan fingerprint density at radius 3 is 2.92 bits per heavy atom. The summed E-state index contributed by atoms with van der Waals surface area (Å²) < 4.78 is 3.23. The Labute approximate surface area is 158 Å². The maximum atomic E-state index is 4.58. The fourth-order valence-electron chi connectivity index (χ4n) is 3.68. The molecule has 4 rings (SSSR count). The lowest BCUT2D eigenvalue weighted by Gasteiger charge is -2.34. The number of aromatic nitrogens is 4. The van der Waals surface area contributed by atoms with Crippen molar-refractivity contribution >= 4 is 27.4 Å². The van der Waals surface area contributed by atoms with E-state index in [2.05, 4.69) is 44.5 Å². The minimum absolute atomic E-state index is 0.501. The van der Waals surface area contributed by atoms with E-state index in [1.165, 1.54) is 10.3 Å². The Balaban J connectivity index is 1.31. The van der Waals surface area contributed by atoms with Crippen LogP contribution in [-0.2, 0) is 6.54 Å². The fourth-order valence-corrected chi connectivity index (χ4v) is 4.70. The van der Waals surface area contributed by atoms with Gasteiger partial charge in [-0.3, -0.25) is 4.68 Å². The van der Waals surface area contributed by atoms with Crippen molar-refractivity contribution in [3.8, 4) is 0 Å². The summed E-state index contributed by atoms with van der Waals surface area (Å²) in [6.45, 7) is 7.46. The van der Waals surface area contributed by atoms with E-state index >= 15 is 0 Å². The first-order valence-electron chi connectivity index (χ1n) is 9.38. The SMILES string of the molecule is Cc1csc2c(N3CCC(NC(C)CCn4cccn4)CC3)ncnc12. The molecular formula is C19H26N6S. The largest absolute Gasteiger partial charge is 0.355 e. The average Bonchev–Trinajstić information content (AvgIpc) is 3.31. The molecule has 0 bridgehead atoms. The number of nitrogens with one attached hydrogen (secondary N) is 1. The zero-order valence-corrected chi connectivity index (χ0v) is 16.2. The second-order valence-electron chi connectivity index (χ2n) is 7.18. The van der Waals surface area contributed by atoms with Gasteiger partial charge in [0.2, 0.25) is 0 Å². The minimum Gasteiger partial charge on any atom is -0.355 e. The molecule has 0 aliphatic carbocycles. The van der Waals surface area contributed by atoms with Gasteiger partial charge in [0.1, 0.15) is 12.1 Å². The van der Waals surface area contributed by atoms with Gasteiger partial charge < -0.3 is 10.2 Å². The van der Waals surface area contributed by atoms with Crippen molar-refractivity contribution in [3.63, 3.8) is 0 Å². The van der Waals surface area contributed by atoms with Gasteiger partial charge in [-0.1, -0.05) is 0 Å². The molecule has 1 aliphatic heterocycles. The third-order valence-corrected chi connectivity index (χ3v) is 6.26. The molecule has 0 saturated carbocycles. The Kier molecular flexibility index (Phi) is 5.17. The van der Waals surface area contributed by atoms with Crippen molar-refractivity contribution in [1.29, 1.82) is 0 Å². The first kappa shape index (κ1) is 17.4. The summed E-state index contributed by atoms with van der Waals surface area (Å²) in [5.41, 5.74) is 2.35. The number of nitrogens with zero attached hydrogens (tertiary/aromatic N) is 5. The van der Waals surface area contributed by atoms with Crippen LogP contribution in [0.15, 0.2) is 30.2 Å². The highest BCUT2D eigenvalue weighted by molar-refractivity contribution is 7.18. The predicted octanol–water partition coefficient (Wildman–Crippen LogP) is 3.23. The quantitative estimate of drug-likeness (QED) is 0.722. The lowest BCUT2D eigenvalue weighted by Crippen LogP contribution is -2.46. The van der Waals surface area contributed by atoms with Crippen LogP contribution >= 0.6 is 11.3 Å². The molecule has 0 amide bonds. The topological polar surface area (TPSA) is 58.9 Å². The Hall–Kier alpha value is -1.99. The molecule has 0 spiro atoms. The van der Waals surface area contributed by atoms with Gasteiger partial charge in [0.05, 0.1) is 10.2 Å². The number of rotatable bonds is 6. The highest BCUT2D eigenvalue weighted by Crippen LogP contribution is 2.32. The molecule has 1 saturated heterocycles. The summed E-state index contributed by atoms with van der Waals surface area (Å²) in [7, 11) is 0. The zero-order valence-electron chi connectivity index (χ0n) is 15.4. The summed E-state index contributed by atoms with van der Waals surface area (Å²) in [5, 5.41) is 10.3. The van der Waals surface area contributed by atoms with E-state index in [1.807, 2.05) is 23.1 Å². The maximum Gasteiger partial charge on any atom is 0.150 e. The fraction of sp³-hybridized carbons (Fsp3) is 0.526. The standard InChI is InChI=1S/C19H26N6S/c1-14-12-26-18-17(14)20-13-21-19(18)24-9-5-16(6-10-24)23-15(2)4-11-25-8-3-7-22-25/h3,7-8,12-13,15-16,23H,4-6,9-11H2,1-2H3. The maximum absolute atomic E-state index is 4.58. The van der Waals surface area contributed by atoms with E-state index in [0.717, 1.165) is 50.2 Å². The second kappa shape index (κ2) is 7.72. The number of piperidine rings is 1. The van der Waals surface area contributed by atoms with Gasteiger partial charge >= 0.3 is 0 Å². The van der Waals surface area contributed by atoms with Crippen LogP contribution in [0.3, 0.4) is 0 Å². The lowest BCUT2D eigenvalue weighted by atomic mass is 10.0. The molecule has 1 unspecified atom stereocenters. The van der Waals surface area contributed by atoms with Gasteiger partial charge in [-0.05, 0) is 50.1 Å². The van der Waals surface area contributed by atoms with Crippen molar-refractivity contribution in [1.82, 2.24) is 25.1 Å². The average molecular weight is 371 g/mol. The molecule has 0 radical (unpaired) electrons. The van der Waals surface area contributed by atoms with Crippen molar-refractivity contribution in [2.24, 2.45) is 0 Å². The van der Waals surface area contributed by atoms with Crippen molar-refractivity contribution < 1.29 is 0 Å². The molecule has 6 nitrogen and oxygen atoms in total. The molecule has 3 aromatic heterocycles. The smallest absolute Gasteiger partial charge is 0.150 e. The van der Waals surface area contributed by atoms with E-state index in [0.29, 0.717) is 12.1 Å². The number of anilines is 1. The number of hydrogen-bond donors (Lipinski definition) is 1. The highest BCUT2D eigenvalue weighted by atomic mass is 32.1. The number of thiophene rings is 1. The van der Waals surface area contributed by atoms with E-state index in [1.54, 1.807) is 17.7 Å². The zero-order chi connectivity index (χ0) is 17.9. The van der Waals surface area contributed by atoms with Gasteiger partial charge in [0.15, 0.2) is 0 Å². The molecule has 3 aromatic rings. The van der Waals surface area contributed by atoms with Crippen LogP contribution in [-0.4, -0.2) is 44.9 Å². The summed E-state index contributed by atoms with van der Waals surface area (Å²) in [4.78, 5) is 11.5. The summed E-state index contributed by atoms with van der Waals surface area (Å²) in [6, 6.07) is 3.07. The third kappa shape index (κ3) is 3.73. The van der Waals surface area contributed by atoms with E-state index in [-0.39, 0.29) is 0 Å². The number of aryl methyl sites for hydroxylation is 2. The normalized spacial score (nSPS) is 17.1. The van der Waals surface area contributed by atoms with Crippen LogP contribution in [0, 0.1) is 6.92 Å². The summed E-state index contributed by atoms with van der Waals surface area (Å²) >= 11 is 1.76. The van der Waals surface area contributed by atoms with E-state index in [4.69, 9.17) is 0 Å². The Morgan fingerprint density at radius 2 is 2.15 bits per heavy atom. The van der Waals surface area contributed by atoms with Crippen LogP contribution in [0.25, 0.3) is 10.2 Å². The minimum atomic E-state index is 0.501. The van der Waals surface area contributed by atoms with Gasteiger partial charge in [0, 0.05) is 44.1 Å². The second-order valence-corrected chi connectivity index (χ2v) is 8.06. The lowest BCUT2D eigenvalue weighted by molar-refractivity contribution is 0.354. The molecule has 26 heavy (non-hydrogen) atoms. The predicted molar refractivity (Wildman–Crippen MR) is 107 cm³/mol. The van der Waals surface area contributed by atoms with Crippen LogP contribution in [0.5, 0.6) is 0 Å². The monoisotopic (exact) mass is 370 g/mol. The molecule has 1 fully saturated rings. The van der Waals surface area contributed by atoms with Gasteiger partial charge in [-0.25, -0.2) is 9.97 Å². The number of fused-ring (bicyclic) bond motifs is 1. The first-order chi connectivity index (χ1) is 12.7. The first-order valence-corrected chi connectivity index (χ1v) is 10.3. The van der Waals surface area contributed by atoms with Crippen molar-refractivity contribution in [3.05, 3.63) is 35.7 Å². The summed E-state index contributed by atoms with van der Waals surface area (Å²) in [6.07, 6.45) is 8.98. The molecular weight excluding hydrogens is 344 g/mol. The summed E-state index contributed by atoms with van der Waals surface area (Å²) in [5.74, 6) is 1.11. The van der Waals surface area contributed by atoms with Gasteiger partial charge in [-0.2, -0.15) is 5.10 Å². The van der Waals surface area contributed by atoms with Crippen LogP contribution < -0.4 is 10.2 Å². The van der Waals surface area contributed by atoms with Crippen LogP contribution in [0.2, 0.25) is 0 Å². The van der Waals surface area contributed by atoms with E-state index < -0.39 is 0 Å². The molecule has 7 heteroatoms. The third-order valence-electron chi connectivity index (χ3n) is 5.18. The van der Waals surface area contributed by atoms with Crippen molar-refractivity contribution in [2.45, 2.75) is 51.7 Å². The Bertz CT molecular complexity index is 835. The molecule has 1 aliphatic rings. The molecule has 4 heterocycles. The highest BCUT2D eigenvalue weighted by Gasteiger charge is 2.23. The molecule has 0 aromatic carbocycles. The Morgan fingerprint density at radius 1 is 1.31 bits per heavy atom. The van der Waals surface area contributed by atoms with Crippen LogP contribution in [0.1, 0.15) is 31.7 Å². The van der Waals surface area contributed by atoms with Gasteiger partial charge in [0.25, 0.3) is 0 Å². The van der Waals surface area contributed by atoms with Crippen LogP contribution in [0.4, 0.5) is 5.82 Å². The van der Waals surface area contributed by atoms with Crippen molar-refractivity contribution in [2.75, 3.05) is 18.0 Å².